The average molecular weight is 458 g/mol. The second-order valence-corrected chi connectivity index (χ2v) is 10.0. The smallest absolute Gasteiger partial charge is 0.323 e. The fourth-order valence-corrected chi connectivity index (χ4v) is 5.73. The average Bonchev–Trinajstić information content (AvgIpc) is 3.38. The van der Waals surface area contributed by atoms with Crippen LogP contribution in [0.2, 0.25) is 0 Å². The quantitative estimate of drug-likeness (QED) is 0.310. The third-order valence-corrected chi connectivity index (χ3v) is 7.80. The number of hydrogen-bond acceptors (Lipinski definition) is 6. The Hall–Kier alpha value is -2.12. The summed E-state index contributed by atoms with van der Waals surface area (Å²) in [6.45, 7) is 2.78. The van der Waals surface area contributed by atoms with Crippen LogP contribution < -0.4 is 15.7 Å². The van der Waals surface area contributed by atoms with Gasteiger partial charge in [-0.3, -0.25) is 14.8 Å². The molecule has 1 unspecified atom stereocenters. The zero-order valence-corrected chi connectivity index (χ0v) is 19.6. The minimum absolute atomic E-state index is 0.0155. The van der Waals surface area contributed by atoms with E-state index < -0.39 is 5.91 Å². The van der Waals surface area contributed by atoms with Gasteiger partial charge < -0.3 is 15.0 Å². The zero-order chi connectivity index (χ0) is 23.0. The van der Waals surface area contributed by atoms with E-state index in [1.165, 1.54) is 32.1 Å². The normalized spacial score (nSPS) is 21.7. The van der Waals surface area contributed by atoms with E-state index in [0.29, 0.717) is 17.4 Å². The van der Waals surface area contributed by atoms with E-state index in [-0.39, 0.29) is 18.1 Å². The Labute approximate surface area is 197 Å². The summed E-state index contributed by atoms with van der Waals surface area (Å²) in [5.74, 6) is 0.442. The molecule has 3 fully saturated rings. The van der Waals surface area contributed by atoms with E-state index in [4.69, 9.17) is 9.94 Å². The van der Waals surface area contributed by atoms with Gasteiger partial charge in [0.05, 0.1) is 0 Å². The molecule has 3 aliphatic rings. The second-order valence-electron chi connectivity index (χ2n) is 10.0. The van der Waals surface area contributed by atoms with Gasteiger partial charge in [0.15, 0.2) is 0 Å². The number of hydroxylamine groups is 1. The third-order valence-electron chi connectivity index (χ3n) is 7.80. The number of piperidine rings is 1. The molecule has 1 saturated heterocycles. The molecule has 182 valence electrons. The molecule has 33 heavy (non-hydrogen) atoms. The minimum atomic E-state index is -0.495. The zero-order valence-electron chi connectivity index (χ0n) is 19.6. The summed E-state index contributed by atoms with van der Waals surface area (Å²) in [5.41, 5.74) is 3.20. The lowest BCUT2D eigenvalue weighted by Crippen LogP contribution is -2.48. The highest BCUT2D eigenvalue weighted by atomic mass is 16.5. The van der Waals surface area contributed by atoms with Crippen LogP contribution in [0, 0.1) is 11.8 Å². The molecule has 1 atom stereocenters. The molecule has 7 nitrogen and oxygen atoms in total. The number of ether oxygens (including phenoxy) is 1. The predicted molar refractivity (Wildman–Crippen MR) is 127 cm³/mol. The van der Waals surface area contributed by atoms with Crippen LogP contribution in [-0.4, -0.2) is 48.9 Å². The fraction of sp³-hybridized carbons (Fsp3) is 0.692. The maximum Gasteiger partial charge on any atom is 0.323 e. The van der Waals surface area contributed by atoms with E-state index in [2.05, 4.69) is 10.2 Å². The Morgan fingerprint density at radius 3 is 2.21 bits per heavy atom. The number of nitrogens with one attached hydrogen (secondary N) is 2. The Morgan fingerprint density at radius 1 is 0.939 bits per heavy atom. The largest absolute Gasteiger partial charge is 0.461 e. The number of benzene rings is 1. The number of esters is 1. The molecular weight excluding hydrogens is 418 g/mol. The molecule has 0 bridgehead atoms. The van der Waals surface area contributed by atoms with Crippen molar-refractivity contribution in [1.29, 1.82) is 0 Å². The molecule has 2 saturated carbocycles. The molecule has 0 spiro atoms. The second kappa shape index (κ2) is 11.8. The number of rotatable bonds is 8. The summed E-state index contributed by atoms with van der Waals surface area (Å²) < 4.78 is 5.92. The SMILES string of the molecule is O=C(NO)c1ccc(N2CCC(CNC(C(=O)OC3CCCC3)C3CCCCC3)CC2)cc1. The lowest BCUT2D eigenvalue weighted by Gasteiger charge is -2.36. The van der Waals surface area contributed by atoms with E-state index in [9.17, 15) is 9.59 Å². The summed E-state index contributed by atoms with van der Waals surface area (Å²) in [7, 11) is 0. The molecule has 1 aromatic rings. The third kappa shape index (κ3) is 6.48. The Kier molecular flexibility index (Phi) is 8.62. The molecule has 2 aliphatic carbocycles. The topological polar surface area (TPSA) is 90.9 Å². The number of carbonyl (C=O) groups is 2. The minimum Gasteiger partial charge on any atom is -0.461 e. The van der Waals surface area contributed by atoms with Crippen molar-refractivity contribution in [3.8, 4) is 0 Å². The van der Waals surface area contributed by atoms with E-state index >= 15 is 0 Å². The monoisotopic (exact) mass is 457 g/mol. The van der Waals surface area contributed by atoms with Gasteiger partial charge in [-0.15, -0.1) is 0 Å². The van der Waals surface area contributed by atoms with Crippen molar-refractivity contribution in [3.05, 3.63) is 29.8 Å². The van der Waals surface area contributed by atoms with Crippen LogP contribution in [0.15, 0.2) is 24.3 Å². The Morgan fingerprint density at radius 2 is 1.58 bits per heavy atom. The molecule has 0 aromatic heterocycles. The first-order chi connectivity index (χ1) is 16.1. The number of nitrogens with zero attached hydrogens (tertiary/aromatic N) is 1. The Bertz CT molecular complexity index is 764. The van der Waals surface area contributed by atoms with Crippen LogP contribution in [0.3, 0.4) is 0 Å². The van der Waals surface area contributed by atoms with Crippen LogP contribution in [-0.2, 0) is 9.53 Å². The van der Waals surface area contributed by atoms with Crippen LogP contribution in [0.1, 0.15) is 81.0 Å². The van der Waals surface area contributed by atoms with E-state index in [0.717, 1.165) is 63.8 Å². The standard InChI is InChI=1S/C26H39N3O4/c30-25(28-32)21-10-12-22(13-11-21)29-16-14-19(15-17-29)18-27-24(20-6-2-1-3-7-20)26(31)33-23-8-4-5-9-23/h10-13,19-20,23-24,27,32H,1-9,14-18H2,(H,28,30). The van der Waals surface area contributed by atoms with Gasteiger partial charge in [0, 0.05) is 24.3 Å². The summed E-state index contributed by atoms with van der Waals surface area (Å²) in [5, 5.41) is 12.4. The maximum absolute atomic E-state index is 13.1. The molecule has 4 rings (SSSR count). The predicted octanol–water partition coefficient (Wildman–Crippen LogP) is 4.05. The summed E-state index contributed by atoms with van der Waals surface area (Å²) in [4.78, 5) is 26.9. The van der Waals surface area contributed by atoms with E-state index in [1.54, 1.807) is 17.6 Å². The molecular formula is C26H39N3O4. The molecule has 0 radical (unpaired) electrons. The summed E-state index contributed by atoms with van der Waals surface area (Å²) in [6.07, 6.45) is 12.6. The van der Waals surface area contributed by atoms with Gasteiger partial charge in [-0.1, -0.05) is 19.3 Å². The van der Waals surface area contributed by atoms with Crippen molar-refractivity contribution in [2.45, 2.75) is 82.8 Å². The summed E-state index contributed by atoms with van der Waals surface area (Å²) >= 11 is 0. The van der Waals surface area contributed by atoms with Gasteiger partial charge in [-0.2, -0.15) is 0 Å². The van der Waals surface area contributed by atoms with Crippen molar-refractivity contribution in [1.82, 2.24) is 10.8 Å². The first-order valence-electron chi connectivity index (χ1n) is 12.9. The van der Waals surface area contributed by atoms with Crippen LogP contribution in [0.5, 0.6) is 0 Å². The van der Waals surface area contributed by atoms with Gasteiger partial charge in [0.2, 0.25) is 0 Å². The molecule has 1 aromatic carbocycles. The highest BCUT2D eigenvalue weighted by molar-refractivity contribution is 5.93. The van der Waals surface area contributed by atoms with Crippen LogP contribution in [0.25, 0.3) is 0 Å². The highest BCUT2D eigenvalue weighted by Gasteiger charge is 2.33. The van der Waals surface area contributed by atoms with Gasteiger partial charge >= 0.3 is 5.97 Å². The van der Waals surface area contributed by atoms with Crippen molar-refractivity contribution < 1.29 is 19.5 Å². The van der Waals surface area contributed by atoms with Crippen molar-refractivity contribution >= 4 is 17.6 Å². The van der Waals surface area contributed by atoms with E-state index in [1.807, 2.05) is 12.1 Å². The number of carbonyl (C=O) groups excluding carboxylic acids is 2. The van der Waals surface area contributed by atoms with Crippen LogP contribution >= 0.6 is 0 Å². The molecule has 7 heteroatoms. The number of hydrogen-bond donors (Lipinski definition) is 3. The first-order valence-corrected chi connectivity index (χ1v) is 12.9. The number of anilines is 1. The van der Waals surface area contributed by atoms with Gasteiger partial charge in [-0.05, 0) is 94.0 Å². The number of amides is 1. The van der Waals surface area contributed by atoms with Crippen molar-refractivity contribution in [2.24, 2.45) is 11.8 Å². The molecule has 3 N–H and O–H groups in total. The van der Waals surface area contributed by atoms with Crippen LogP contribution in [0.4, 0.5) is 5.69 Å². The fourth-order valence-electron chi connectivity index (χ4n) is 5.73. The lowest BCUT2D eigenvalue weighted by molar-refractivity contribution is -0.153. The van der Waals surface area contributed by atoms with Gasteiger partial charge in [0.25, 0.3) is 5.91 Å². The molecule has 1 aliphatic heterocycles. The maximum atomic E-state index is 13.1. The first kappa shape index (κ1) is 24.0. The van der Waals surface area contributed by atoms with Gasteiger partial charge in [-0.25, -0.2) is 5.48 Å². The Balaban J connectivity index is 1.27. The molecule has 1 heterocycles. The van der Waals surface area contributed by atoms with Crippen molar-refractivity contribution in [2.75, 3.05) is 24.5 Å². The van der Waals surface area contributed by atoms with Crippen molar-refractivity contribution in [3.63, 3.8) is 0 Å². The lowest BCUT2D eigenvalue weighted by atomic mass is 9.83. The summed E-state index contributed by atoms with van der Waals surface area (Å²) in [6, 6.07) is 7.18. The molecule has 1 amide bonds. The van der Waals surface area contributed by atoms with Gasteiger partial charge in [0.1, 0.15) is 12.1 Å². The highest BCUT2D eigenvalue weighted by Crippen LogP contribution is 2.30.